The minimum atomic E-state index is 0.274. The molecule has 15 heavy (non-hydrogen) atoms. The molecule has 1 fully saturated rings. The van der Waals surface area contributed by atoms with E-state index in [4.69, 9.17) is 9.47 Å². The number of benzene rings is 1. The number of rotatable bonds is 3. The molecule has 0 bridgehead atoms. The van der Waals surface area contributed by atoms with Crippen LogP contribution in [0.3, 0.4) is 0 Å². The number of halogens is 1. The third-order valence-electron chi connectivity index (χ3n) is 2.58. The number of para-hydroxylation sites is 1. The Labute approximate surface area is 104 Å². The van der Waals surface area contributed by atoms with Crippen molar-refractivity contribution in [3.05, 3.63) is 27.8 Å². The molecule has 0 saturated carbocycles. The van der Waals surface area contributed by atoms with Crippen LogP contribution in [0.1, 0.15) is 19.8 Å². The van der Waals surface area contributed by atoms with Crippen LogP contribution in [0.15, 0.2) is 24.3 Å². The van der Waals surface area contributed by atoms with E-state index in [9.17, 15) is 0 Å². The van der Waals surface area contributed by atoms with E-state index in [1.807, 2.05) is 24.3 Å². The van der Waals surface area contributed by atoms with Gasteiger partial charge in [0.1, 0.15) is 12.4 Å². The molecule has 1 saturated heterocycles. The maximum atomic E-state index is 5.74. The Bertz CT molecular complexity index is 327. The average molecular weight is 318 g/mol. The summed E-state index contributed by atoms with van der Waals surface area (Å²) in [5.41, 5.74) is 0. The molecule has 2 rings (SSSR count). The molecule has 1 aromatic rings. The predicted molar refractivity (Wildman–Crippen MR) is 68.2 cm³/mol. The summed E-state index contributed by atoms with van der Waals surface area (Å²) in [5, 5.41) is 0. The molecule has 0 radical (unpaired) electrons. The number of hydrogen-bond donors (Lipinski definition) is 0. The van der Waals surface area contributed by atoms with Crippen molar-refractivity contribution in [1.29, 1.82) is 0 Å². The molecule has 0 N–H and O–H groups in total. The van der Waals surface area contributed by atoms with Crippen LogP contribution in [0.4, 0.5) is 0 Å². The summed E-state index contributed by atoms with van der Waals surface area (Å²) in [7, 11) is 0. The van der Waals surface area contributed by atoms with Gasteiger partial charge >= 0.3 is 0 Å². The van der Waals surface area contributed by atoms with Crippen LogP contribution >= 0.6 is 22.6 Å². The van der Waals surface area contributed by atoms with Gasteiger partial charge in [-0.25, -0.2) is 0 Å². The quantitative estimate of drug-likeness (QED) is 0.797. The average Bonchev–Trinajstić information content (AvgIpc) is 2.63. The van der Waals surface area contributed by atoms with Crippen molar-refractivity contribution >= 4 is 22.6 Å². The summed E-state index contributed by atoms with van der Waals surface area (Å²) < 4.78 is 12.6. The van der Waals surface area contributed by atoms with Crippen molar-refractivity contribution in [2.75, 3.05) is 6.61 Å². The minimum Gasteiger partial charge on any atom is -0.490 e. The molecular weight excluding hydrogens is 303 g/mol. The highest BCUT2D eigenvalue weighted by Gasteiger charge is 2.22. The highest BCUT2D eigenvalue weighted by molar-refractivity contribution is 14.1. The first-order valence-electron chi connectivity index (χ1n) is 5.28. The molecule has 2 atom stereocenters. The van der Waals surface area contributed by atoms with Gasteiger partial charge in [-0.1, -0.05) is 12.1 Å². The Morgan fingerprint density at radius 1 is 1.40 bits per heavy atom. The second-order valence-electron chi connectivity index (χ2n) is 3.89. The first-order chi connectivity index (χ1) is 7.25. The predicted octanol–water partition coefficient (Wildman–Crippen LogP) is 3.24. The zero-order valence-electron chi connectivity index (χ0n) is 8.78. The summed E-state index contributed by atoms with van der Waals surface area (Å²) in [4.78, 5) is 0. The molecule has 1 heterocycles. The fraction of sp³-hybridized carbons (Fsp3) is 0.500. The van der Waals surface area contributed by atoms with E-state index in [1.165, 1.54) is 0 Å². The standard InChI is InChI=1S/C12H15IO2/c1-9-6-7-10(15-9)8-14-12-5-3-2-4-11(12)13/h2-5,9-10H,6-8H2,1H3. The SMILES string of the molecule is CC1CCC(COc2ccccc2I)O1. The molecule has 2 unspecified atom stereocenters. The van der Waals surface area contributed by atoms with E-state index in [-0.39, 0.29) is 6.10 Å². The van der Waals surface area contributed by atoms with Gasteiger partial charge in [-0.3, -0.25) is 0 Å². The van der Waals surface area contributed by atoms with Crippen LogP contribution in [0.25, 0.3) is 0 Å². The summed E-state index contributed by atoms with van der Waals surface area (Å²) in [5.74, 6) is 0.959. The van der Waals surface area contributed by atoms with Crippen LogP contribution in [-0.4, -0.2) is 18.8 Å². The van der Waals surface area contributed by atoms with E-state index in [1.54, 1.807) is 0 Å². The molecule has 1 aliphatic heterocycles. The lowest BCUT2D eigenvalue weighted by atomic mass is 10.2. The van der Waals surface area contributed by atoms with Gasteiger partial charge in [0, 0.05) is 0 Å². The van der Waals surface area contributed by atoms with Crippen LogP contribution in [-0.2, 0) is 4.74 Å². The van der Waals surface area contributed by atoms with Gasteiger partial charge in [0.05, 0.1) is 15.8 Å². The molecular formula is C12H15IO2. The van der Waals surface area contributed by atoms with Gasteiger partial charge in [0.25, 0.3) is 0 Å². The van der Waals surface area contributed by atoms with Gasteiger partial charge in [-0.15, -0.1) is 0 Å². The smallest absolute Gasteiger partial charge is 0.132 e. The minimum absolute atomic E-state index is 0.274. The molecule has 0 aromatic heterocycles. The van der Waals surface area contributed by atoms with E-state index in [2.05, 4.69) is 29.5 Å². The van der Waals surface area contributed by atoms with E-state index >= 15 is 0 Å². The molecule has 0 amide bonds. The van der Waals surface area contributed by atoms with E-state index < -0.39 is 0 Å². The molecule has 3 heteroatoms. The van der Waals surface area contributed by atoms with Gasteiger partial charge < -0.3 is 9.47 Å². The Morgan fingerprint density at radius 2 is 2.20 bits per heavy atom. The van der Waals surface area contributed by atoms with Gasteiger partial charge in [-0.2, -0.15) is 0 Å². The number of hydrogen-bond acceptors (Lipinski definition) is 2. The zero-order valence-corrected chi connectivity index (χ0v) is 10.9. The van der Waals surface area contributed by atoms with Gasteiger partial charge in [-0.05, 0) is 54.5 Å². The third-order valence-corrected chi connectivity index (χ3v) is 3.47. The van der Waals surface area contributed by atoms with Crippen LogP contribution < -0.4 is 4.74 Å². The second-order valence-corrected chi connectivity index (χ2v) is 5.05. The monoisotopic (exact) mass is 318 g/mol. The molecule has 0 aliphatic carbocycles. The number of ether oxygens (including phenoxy) is 2. The van der Waals surface area contributed by atoms with Crippen LogP contribution in [0, 0.1) is 3.57 Å². The Balaban J connectivity index is 1.86. The van der Waals surface area contributed by atoms with Crippen molar-refractivity contribution in [2.24, 2.45) is 0 Å². The zero-order chi connectivity index (χ0) is 10.7. The van der Waals surface area contributed by atoms with Crippen molar-refractivity contribution in [3.8, 4) is 5.75 Å². The Hall–Kier alpha value is -0.290. The van der Waals surface area contributed by atoms with Crippen LogP contribution in [0.2, 0.25) is 0 Å². The highest BCUT2D eigenvalue weighted by Crippen LogP contribution is 2.23. The van der Waals surface area contributed by atoms with Gasteiger partial charge in [0.15, 0.2) is 0 Å². The van der Waals surface area contributed by atoms with Crippen molar-refractivity contribution < 1.29 is 9.47 Å². The van der Waals surface area contributed by atoms with Crippen molar-refractivity contribution in [2.45, 2.75) is 32.0 Å². The lowest BCUT2D eigenvalue weighted by Crippen LogP contribution is -2.18. The van der Waals surface area contributed by atoms with E-state index in [0.717, 1.165) is 22.2 Å². The Kier molecular flexibility index (Phi) is 3.86. The fourth-order valence-corrected chi connectivity index (χ4v) is 2.30. The summed E-state index contributed by atoms with van der Waals surface area (Å²) in [6, 6.07) is 8.06. The van der Waals surface area contributed by atoms with Crippen molar-refractivity contribution in [3.63, 3.8) is 0 Å². The lowest BCUT2D eigenvalue weighted by Gasteiger charge is -2.13. The summed E-state index contributed by atoms with van der Waals surface area (Å²) in [6.45, 7) is 2.79. The van der Waals surface area contributed by atoms with Crippen molar-refractivity contribution in [1.82, 2.24) is 0 Å². The first-order valence-corrected chi connectivity index (χ1v) is 6.36. The fourth-order valence-electron chi connectivity index (χ4n) is 1.75. The molecule has 2 nitrogen and oxygen atoms in total. The third kappa shape index (κ3) is 3.08. The Morgan fingerprint density at radius 3 is 2.87 bits per heavy atom. The summed E-state index contributed by atoms with van der Waals surface area (Å²) in [6.07, 6.45) is 2.94. The lowest BCUT2D eigenvalue weighted by molar-refractivity contribution is 0.0263. The maximum absolute atomic E-state index is 5.74. The van der Waals surface area contributed by atoms with Gasteiger partial charge in [0.2, 0.25) is 0 Å². The molecule has 1 aliphatic rings. The summed E-state index contributed by atoms with van der Waals surface area (Å²) >= 11 is 2.29. The first kappa shape index (κ1) is 11.2. The normalized spacial score (nSPS) is 25.5. The largest absolute Gasteiger partial charge is 0.490 e. The van der Waals surface area contributed by atoms with Crippen LogP contribution in [0.5, 0.6) is 5.75 Å². The second kappa shape index (κ2) is 5.16. The highest BCUT2D eigenvalue weighted by atomic mass is 127. The maximum Gasteiger partial charge on any atom is 0.132 e. The van der Waals surface area contributed by atoms with E-state index in [0.29, 0.717) is 12.7 Å². The topological polar surface area (TPSA) is 18.5 Å². The molecule has 0 spiro atoms. The molecule has 82 valence electrons. The molecule has 1 aromatic carbocycles.